The number of nitrogens with zero attached hydrogens (tertiary/aromatic N) is 2. The lowest BCUT2D eigenvalue weighted by Gasteiger charge is -2.06. The summed E-state index contributed by atoms with van der Waals surface area (Å²) in [4.78, 5) is 4.75. The Morgan fingerprint density at radius 2 is 1.94 bits per heavy atom. The molecule has 0 spiro atoms. The van der Waals surface area contributed by atoms with Crippen LogP contribution in [0.3, 0.4) is 0 Å². The Bertz CT molecular complexity index is 503. The Kier molecular flexibility index (Phi) is 3.74. The second-order valence-electron chi connectivity index (χ2n) is 4.29. The van der Waals surface area contributed by atoms with Crippen LogP contribution in [0.2, 0.25) is 0 Å². The highest BCUT2D eigenvalue weighted by molar-refractivity contribution is 8.18. The smallest absolute Gasteiger partial charge is 0.239 e. The van der Waals surface area contributed by atoms with Gasteiger partial charge < -0.3 is 4.90 Å². The fourth-order valence-corrected chi connectivity index (χ4v) is 3.30. The van der Waals surface area contributed by atoms with Crippen LogP contribution in [0.15, 0.2) is 29.2 Å². The molecule has 0 unspecified atom stereocenters. The van der Waals surface area contributed by atoms with Crippen LogP contribution in [-0.2, 0) is 0 Å². The van der Waals surface area contributed by atoms with Gasteiger partial charge in [-0.1, -0.05) is 0 Å². The van der Waals surface area contributed by atoms with E-state index in [1.54, 1.807) is 0 Å². The zero-order valence-electron chi connectivity index (χ0n) is 10.6. The Balaban J connectivity index is 2.16. The number of thioether (sulfide) groups is 1. The molecule has 1 aliphatic rings. The van der Waals surface area contributed by atoms with Crippen molar-refractivity contribution in [3.63, 3.8) is 0 Å². The molecule has 2 nitrogen and oxygen atoms in total. The number of rotatable bonds is 2. The van der Waals surface area contributed by atoms with Crippen LogP contribution < -0.4 is 4.90 Å². The van der Waals surface area contributed by atoms with E-state index < -0.39 is 0 Å². The standard InChI is InChI=1S/C13H17N2S2/c1-14(2)12-7-5-10(16-12)9-11-6-8-13(17-11)15(3)4/h5-9H,1-4H3/q+1. The first-order valence-electron chi connectivity index (χ1n) is 5.45. The van der Waals surface area contributed by atoms with E-state index in [0.717, 1.165) is 0 Å². The fourth-order valence-electron chi connectivity index (χ4n) is 1.46. The van der Waals surface area contributed by atoms with Gasteiger partial charge in [0.15, 0.2) is 0 Å². The van der Waals surface area contributed by atoms with Crippen molar-refractivity contribution in [2.75, 3.05) is 33.1 Å². The van der Waals surface area contributed by atoms with E-state index in [0.29, 0.717) is 0 Å². The zero-order valence-corrected chi connectivity index (χ0v) is 12.2. The van der Waals surface area contributed by atoms with Crippen LogP contribution in [0.5, 0.6) is 0 Å². The second kappa shape index (κ2) is 5.10. The van der Waals surface area contributed by atoms with Crippen LogP contribution in [-0.4, -0.2) is 37.8 Å². The summed E-state index contributed by atoms with van der Waals surface area (Å²) in [7, 11) is 8.30. The monoisotopic (exact) mass is 265 g/mol. The average Bonchev–Trinajstić information content (AvgIpc) is 2.87. The molecular weight excluding hydrogens is 248 g/mol. The number of thiophene rings is 1. The van der Waals surface area contributed by atoms with Crippen molar-refractivity contribution >= 4 is 39.2 Å². The zero-order chi connectivity index (χ0) is 12.4. The molecule has 17 heavy (non-hydrogen) atoms. The van der Waals surface area contributed by atoms with Gasteiger partial charge in [0.1, 0.15) is 14.1 Å². The number of hydrogen-bond donors (Lipinski definition) is 0. The third-order valence-corrected chi connectivity index (χ3v) is 4.79. The minimum atomic E-state index is 1.29. The average molecular weight is 265 g/mol. The lowest BCUT2D eigenvalue weighted by atomic mass is 10.4. The minimum Gasteiger partial charge on any atom is -0.370 e. The molecule has 4 heteroatoms. The fraction of sp³-hybridized carbons (Fsp3) is 0.308. The molecule has 2 heterocycles. The van der Waals surface area contributed by atoms with Crippen LogP contribution in [0.25, 0.3) is 6.08 Å². The van der Waals surface area contributed by atoms with Gasteiger partial charge in [-0.25, -0.2) is 4.58 Å². The van der Waals surface area contributed by atoms with Crippen molar-refractivity contribution in [2.24, 2.45) is 0 Å². The summed E-state index contributed by atoms with van der Waals surface area (Å²) < 4.78 is 2.14. The van der Waals surface area contributed by atoms with Gasteiger partial charge >= 0.3 is 0 Å². The van der Waals surface area contributed by atoms with E-state index >= 15 is 0 Å². The predicted molar refractivity (Wildman–Crippen MR) is 80.5 cm³/mol. The van der Waals surface area contributed by atoms with Gasteiger partial charge in [0.25, 0.3) is 0 Å². The highest BCUT2D eigenvalue weighted by Crippen LogP contribution is 2.32. The van der Waals surface area contributed by atoms with Crippen LogP contribution in [0, 0.1) is 0 Å². The summed E-state index contributed by atoms with van der Waals surface area (Å²) in [5.74, 6) is 0. The van der Waals surface area contributed by atoms with Crippen LogP contribution in [0.1, 0.15) is 4.88 Å². The third-order valence-electron chi connectivity index (χ3n) is 2.39. The second-order valence-corrected chi connectivity index (χ2v) is 6.47. The van der Waals surface area contributed by atoms with Gasteiger partial charge in [-0.05, 0) is 36.0 Å². The van der Waals surface area contributed by atoms with Gasteiger partial charge in [-0.2, -0.15) is 0 Å². The Morgan fingerprint density at radius 1 is 1.18 bits per heavy atom. The molecule has 0 N–H and O–H groups in total. The first-order valence-corrected chi connectivity index (χ1v) is 7.08. The van der Waals surface area contributed by atoms with E-state index in [-0.39, 0.29) is 0 Å². The third kappa shape index (κ3) is 3.01. The molecule has 0 amide bonds. The van der Waals surface area contributed by atoms with Crippen molar-refractivity contribution in [3.8, 4) is 0 Å². The molecule has 0 bridgehead atoms. The Hall–Kier alpha value is -1.00. The Labute approximate surface area is 111 Å². The molecule has 0 radical (unpaired) electrons. The maximum Gasteiger partial charge on any atom is 0.239 e. The van der Waals surface area contributed by atoms with E-state index in [9.17, 15) is 0 Å². The first kappa shape index (κ1) is 12.5. The van der Waals surface area contributed by atoms with Crippen LogP contribution in [0.4, 0.5) is 5.00 Å². The maximum atomic E-state index is 2.25. The maximum absolute atomic E-state index is 2.25. The van der Waals surface area contributed by atoms with E-state index in [4.69, 9.17) is 0 Å². The summed E-state index contributed by atoms with van der Waals surface area (Å²) >= 11 is 3.63. The van der Waals surface area contributed by atoms with Crippen LogP contribution >= 0.6 is 23.1 Å². The minimum absolute atomic E-state index is 1.29. The van der Waals surface area contributed by atoms with Crippen molar-refractivity contribution < 1.29 is 4.58 Å². The largest absolute Gasteiger partial charge is 0.370 e. The molecule has 0 saturated carbocycles. The molecule has 2 rings (SSSR count). The molecular formula is C13H17N2S2+. The van der Waals surface area contributed by atoms with Crippen molar-refractivity contribution in [1.29, 1.82) is 0 Å². The molecule has 0 aromatic carbocycles. The summed E-state index contributed by atoms with van der Waals surface area (Å²) in [5, 5.41) is 2.58. The summed E-state index contributed by atoms with van der Waals surface area (Å²) in [6, 6.07) is 4.34. The SMILES string of the molecule is CN(C)c1ccc(/C=C2/C=CC(=[N+](C)C)S2)s1. The highest BCUT2D eigenvalue weighted by atomic mass is 32.2. The van der Waals surface area contributed by atoms with Gasteiger partial charge in [-0.3, -0.25) is 0 Å². The molecule has 90 valence electrons. The lowest BCUT2D eigenvalue weighted by Crippen LogP contribution is -2.05. The molecule has 0 saturated heterocycles. The number of anilines is 1. The van der Waals surface area contributed by atoms with Crippen molar-refractivity contribution in [3.05, 3.63) is 34.1 Å². The molecule has 0 fully saturated rings. The lowest BCUT2D eigenvalue weighted by molar-refractivity contribution is -0.460. The summed E-state index contributed by atoms with van der Waals surface area (Å²) in [5.41, 5.74) is 0. The van der Waals surface area contributed by atoms with Crippen molar-refractivity contribution in [1.82, 2.24) is 0 Å². The topological polar surface area (TPSA) is 6.25 Å². The van der Waals surface area contributed by atoms with Gasteiger partial charge in [-0.15, -0.1) is 11.3 Å². The van der Waals surface area contributed by atoms with Gasteiger partial charge in [0.05, 0.1) is 5.00 Å². The molecule has 0 atom stereocenters. The first-order chi connectivity index (χ1) is 8.06. The van der Waals surface area contributed by atoms with E-state index in [1.807, 2.05) is 23.1 Å². The van der Waals surface area contributed by atoms with Gasteiger partial charge in [0, 0.05) is 30.0 Å². The summed E-state index contributed by atoms with van der Waals surface area (Å²) in [6.45, 7) is 0. The predicted octanol–water partition coefficient (Wildman–Crippen LogP) is 3.13. The van der Waals surface area contributed by atoms with Crippen molar-refractivity contribution in [2.45, 2.75) is 0 Å². The Morgan fingerprint density at radius 3 is 2.47 bits per heavy atom. The molecule has 1 aromatic heterocycles. The molecule has 0 aliphatic carbocycles. The van der Waals surface area contributed by atoms with Gasteiger partial charge in [0.2, 0.25) is 5.04 Å². The normalized spacial score (nSPS) is 16.9. The number of hydrogen-bond acceptors (Lipinski definition) is 3. The highest BCUT2D eigenvalue weighted by Gasteiger charge is 2.14. The summed E-state index contributed by atoms with van der Waals surface area (Å²) in [6.07, 6.45) is 6.58. The van der Waals surface area contributed by atoms with E-state index in [2.05, 4.69) is 68.0 Å². The molecule has 1 aromatic rings. The quantitative estimate of drug-likeness (QED) is 0.758. The van der Waals surface area contributed by atoms with E-state index in [1.165, 1.54) is 19.8 Å². The number of allylic oxidation sites excluding steroid dienone is 1. The molecule has 1 aliphatic heterocycles.